The van der Waals surface area contributed by atoms with Gasteiger partial charge in [-0.25, -0.2) is 0 Å². The first-order valence-corrected chi connectivity index (χ1v) is 3.73. The van der Waals surface area contributed by atoms with E-state index in [1.54, 1.807) is 0 Å². The Morgan fingerprint density at radius 2 is 2.00 bits per heavy atom. The summed E-state index contributed by atoms with van der Waals surface area (Å²) >= 11 is 0. The highest BCUT2D eigenvalue weighted by Crippen LogP contribution is 2.20. The maximum absolute atomic E-state index is 5.80. The third-order valence-electron chi connectivity index (χ3n) is 1.85. The van der Waals surface area contributed by atoms with Crippen LogP contribution < -0.4 is 11.5 Å². The van der Waals surface area contributed by atoms with Gasteiger partial charge in [0.15, 0.2) is 0 Å². The first-order chi connectivity index (χ1) is 5.13. The molecule has 1 atom stereocenters. The lowest BCUT2D eigenvalue weighted by Crippen LogP contribution is -2.08. The molecule has 1 aromatic carbocycles. The molecule has 0 heterocycles. The maximum atomic E-state index is 5.80. The maximum Gasteiger partial charge on any atom is 0.0392 e. The highest BCUT2D eigenvalue weighted by molar-refractivity contribution is 5.54. The Labute approximate surface area is 67.2 Å². The van der Waals surface area contributed by atoms with Crippen molar-refractivity contribution >= 4 is 5.69 Å². The predicted molar refractivity (Wildman–Crippen MR) is 48.2 cm³/mol. The molecule has 4 N–H and O–H groups in total. The zero-order valence-electron chi connectivity index (χ0n) is 6.96. The van der Waals surface area contributed by atoms with Crippen molar-refractivity contribution in [2.75, 3.05) is 5.73 Å². The molecule has 0 aliphatic rings. The smallest absolute Gasteiger partial charge is 0.0392 e. The second kappa shape index (κ2) is 2.93. The molecule has 0 saturated carbocycles. The third kappa shape index (κ3) is 1.52. The molecule has 60 valence electrons. The molecule has 11 heavy (non-hydrogen) atoms. The van der Waals surface area contributed by atoms with Gasteiger partial charge < -0.3 is 11.5 Å². The summed E-state index contributed by atoms with van der Waals surface area (Å²) in [4.78, 5) is 0. The molecule has 0 radical (unpaired) electrons. The average Bonchev–Trinajstić information content (AvgIpc) is 1.94. The highest BCUT2D eigenvalue weighted by Gasteiger charge is 2.04. The van der Waals surface area contributed by atoms with Gasteiger partial charge in [0, 0.05) is 11.7 Å². The van der Waals surface area contributed by atoms with E-state index in [1.165, 1.54) is 0 Å². The molecule has 1 aromatic rings. The van der Waals surface area contributed by atoms with Gasteiger partial charge in [0.25, 0.3) is 0 Å². The van der Waals surface area contributed by atoms with Crippen molar-refractivity contribution in [2.24, 2.45) is 5.73 Å². The zero-order chi connectivity index (χ0) is 8.43. The van der Waals surface area contributed by atoms with Crippen LogP contribution in [0.3, 0.4) is 0 Å². The first-order valence-electron chi connectivity index (χ1n) is 3.73. The SMILES string of the molecule is Cc1cccc(C(C)N)c1N. The molecule has 1 rings (SSSR count). The number of anilines is 1. The van der Waals surface area contributed by atoms with E-state index in [9.17, 15) is 0 Å². The fourth-order valence-corrected chi connectivity index (χ4v) is 1.10. The lowest BCUT2D eigenvalue weighted by molar-refractivity contribution is 0.820. The fraction of sp³-hybridized carbons (Fsp3) is 0.333. The standard InChI is InChI=1S/C9H14N2/c1-6-4-3-5-8(7(2)10)9(6)11/h3-5,7H,10-11H2,1-2H3. The van der Waals surface area contributed by atoms with E-state index in [1.807, 2.05) is 32.0 Å². The molecule has 0 bridgehead atoms. The van der Waals surface area contributed by atoms with E-state index in [0.29, 0.717) is 0 Å². The van der Waals surface area contributed by atoms with E-state index in [0.717, 1.165) is 16.8 Å². The van der Waals surface area contributed by atoms with Crippen LogP contribution in [0.5, 0.6) is 0 Å². The van der Waals surface area contributed by atoms with Crippen LogP contribution >= 0.6 is 0 Å². The van der Waals surface area contributed by atoms with Gasteiger partial charge in [-0.2, -0.15) is 0 Å². The van der Waals surface area contributed by atoms with Crippen LogP contribution in [-0.2, 0) is 0 Å². The highest BCUT2D eigenvalue weighted by atomic mass is 14.7. The Balaban J connectivity index is 3.17. The van der Waals surface area contributed by atoms with Crippen LogP contribution in [0.25, 0.3) is 0 Å². The third-order valence-corrected chi connectivity index (χ3v) is 1.85. The van der Waals surface area contributed by atoms with Crippen molar-refractivity contribution in [1.29, 1.82) is 0 Å². The summed E-state index contributed by atoms with van der Waals surface area (Å²) < 4.78 is 0. The van der Waals surface area contributed by atoms with Crippen molar-refractivity contribution in [3.8, 4) is 0 Å². The minimum absolute atomic E-state index is 0.0231. The quantitative estimate of drug-likeness (QED) is 0.597. The Morgan fingerprint density at radius 3 is 2.45 bits per heavy atom. The van der Waals surface area contributed by atoms with Crippen LogP contribution in [0.1, 0.15) is 24.1 Å². The summed E-state index contributed by atoms with van der Waals surface area (Å²) in [5.74, 6) is 0. The zero-order valence-corrected chi connectivity index (χ0v) is 6.96. The van der Waals surface area contributed by atoms with E-state index in [4.69, 9.17) is 11.5 Å². The summed E-state index contributed by atoms with van der Waals surface area (Å²) in [6.45, 7) is 3.92. The topological polar surface area (TPSA) is 52.0 Å². The summed E-state index contributed by atoms with van der Waals surface area (Å²) in [5, 5.41) is 0. The van der Waals surface area contributed by atoms with Crippen molar-refractivity contribution in [1.82, 2.24) is 0 Å². The fourth-order valence-electron chi connectivity index (χ4n) is 1.10. The largest absolute Gasteiger partial charge is 0.398 e. The second-order valence-electron chi connectivity index (χ2n) is 2.87. The molecular formula is C9H14N2. The lowest BCUT2D eigenvalue weighted by Gasteiger charge is -2.10. The van der Waals surface area contributed by atoms with Gasteiger partial charge in [0.05, 0.1) is 0 Å². The molecule has 0 aliphatic heterocycles. The Hall–Kier alpha value is -1.02. The number of hydrogen-bond donors (Lipinski definition) is 2. The second-order valence-corrected chi connectivity index (χ2v) is 2.87. The molecule has 2 nitrogen and oxygen atoms in total. The summed E-state index contributed by atoms with van der Waals surface area (Å²) in [6.07, 6.45) is 0. The molecule has 1 unspecified atom stereocenters. The van der Waals surface area contributed by atoms with Crippen LogP contribution in [0.15, 0.2) is 18.2 Å². The monoisotopic (exact) mass is 150 g/mol. The normalized spacial score (nSPS) is 13.0. The van der Waals surface area contributed by atoms with Crippen molar-refractivity contribution < 1.29 is 0 Å². The Kier molecular flexibility index (Phi) is 2.15. The van der Waals surface area contributed by atoms with Crippen molar-refractivity contribution in [3.63, 3.8) is 0 Å². The molecule has 0 spiro atoms. The Bertz CT molecular complexity index is 254. The van der Waals surface area contributed by atoms with Crippen LogP contribution in [0, 0.1) is 6.92 Å². The number of nitrogen functional groups attached to an aromatic ring is 1. The van der Waals surface area contributed by atoms with E-state index >= 15 is 0 Å². The van der Waals surface area contributed by atoms with E-state index < -0.39 is 0 Å². The van der Waals surface area contributed by atoms with Gasteiger partial charge in [0.1, 0.15) is 0 Å². The summed E-state index contributed by atoms with van der Waals surface area (Å²) in [6, 6.07) is 5.95. The predicted octanol–water partition coefficient (Wildman–Crippen LogP) is 1.60. The average molecular weight is 150 g/mol. The number of benzene rings is 1. The minimum atomic E-state index is 0.0231. The van der Waals surface area contributed by atoms with Crippen LogP contribution in [0.4, 0.5) is 5.69 Å². The molecular weight excluding hydrogens is 136 g/mol. The van der Waals surface area contributed by atoms with Gasteiger partial charge in [-0.1, -0.05) is 18.2 Å². The molecule has 0 amide bonds. The number of rotatable bonds is 1. The van der Waals surface area contributed by atoms with Gasteiger partial charge in [-0.3, -0.25) is 0 Å². The first kappa shape index (κ1) is 8.08. The lowest BCUT2D eigenvalue weighted by atomic mass is 10.0. The molecule has 0 saturated heterocycles. The van der Waals surface area contributed by atoms with E-state index in [-0.39, 0.29) is 6.04 Å². The molecule has 0 aromatic heterocycles. The van der Waals surface area contributed by atoms with Crippen molar-refractivity contribution in [3.05, 3.63) is 29.3 Å². The van der Waals surface area contributed by atoms with E-state index in [2.05, 4.69) is 0 Å². The minimum Gasteiger partial charge on any atom is -0.398 e. The number of aryl methyl sites for hydroxylation is 1. The van der Waals surface area contributed by atoms with Gasteiger partial charge in [-0.15, -0.1) is 0 Å². The van der Waals surface area contributed by atoms with Crippen molar-refractivity contribution in [2.45, 2.75) is 19.9 Å². The number of hydrogen-bond acceptors (Lipinski definition) is 2. The van der Waals surface area contributed by atoms with Gasteiger partial charge >= 0.3 is 0 Å². The van der Waals surface area contributed by atoms with Crippen LogP contribution in [-0.4, -0.2) is 0 Å². The van der Waals surface area contributed by atoms with Crippen LogP contribution in [0.2, 0.25) is 0 Å². The molecule has 2 heteroatoms. The number of para-hydroxylation sites is 1. The van der Waals surface area contributed by atoms with Gasteiger partial charge in [0.2, 0.25) is 0 Å². The van der Waals surface area contributed by atoms with Gasteiger partial charge in [-0.05, 0) is 25.0 Å². The number of nitrogens with two attached hydrogens (primary N) is 2. The molecule has 0 fully saturated rings. The summed E-state index contributed by atoms with van der Waals surface area (Å²) in [7, 11) is 0. The summed E-state index contributed by atoms with van der Waals surface area (Å²) in [5.41, 5.74) is 14.5. The Morgan fingerprint density at radius 1 is 1.36 bits per heavy atom. The molecule has 0 aliphatic carbocycles.